The minimum atomic E-state index is -0.154. The molecule has 1 aliphatic carbocycles. The van der Waals surface area contributed by atoms with Gasteiger partial charge in [-0.3, -0.25) is 0 Å². The first-order valence-electron chi connectivity index (χ1n) is 18.2. The third kappa shape index (κ3) is 4.05. The minimum absolute atomic E-state index is 0.154. The number of rotatable bonds is 3. The van der Waals surface area contributed by atoms with Gasteiger partial charge in [-0.25, -0.2) is 0 Å². The van der Waals surface area contributed by atoms with Crippen molar-refractivity contribution in [1.82, 2.24) is 0 Å². The van der Waals surface area contributed by atoms with Gasteiger partial charge >= 0.3 is 0 Å². The van der Waals surface area contributed by atoms with Gasteiger partial charge in [0.1, 0.15) is 11.2 Å². The second kappa shape index (κ2) is 10.8. The maximum absolute atomic E-state index is 6.84. The van der Waals surface area contributed by atoms with Crippen LogP contribution in [0.2, 0.25) is 0 Å². The van der Waals surface area contributed by atoms with E-state index in [0.717, 1.165) is 11.2 Å². The highest BCUT2D eigenvalue weighted by atomic mass is 16.3. The van der Waals surface area contributed by atoms with E-state index in [9.17, 15) is 0 Å². The van der Waals surface area contributed by atoms with Crippen LogP contribution >= 0.6 is 0 Å². The van der Waals surface area contributed by atoms with Crippen LogP contribution in [0.15, 0.2) is 174 Å². The van der Waals surface area contributed by atoms with E-state index in [4.69, 9.17) is 4.42 Å². The number of benzene rings is 9. The predicted octanol–water partition coefficient (Wildman–Crippen LogP) is 14.4. The largest absolute Gasteiger partial charge is 0.455 e. The van der Waals surface area contributed by atoms with Crippen LogP contribution in [0.3, 0.4) is 0 Å². The van der Waals surface area contributed by atoms with Crippen LogP contribution in [0, 0.1) is 0 Å². The zero-order chi connectivity index (χ0) is 34.6. The molecule has 1 heterocycles. The molecule has 11 rings (SSSR count). The Morgan fingerprint density at radius 1 is 0.385 bits per heavy atom. The molecule has 1 aliphatic rings. The van der Waals surface area contributed by atoms with Gasteiger partial charge in [0.15, 0.2) is 0 Å². The highest BCUT2D eigenvalue weighted by Crippen LogP contribution is 2.54. The number of hydrogen-bond donors (Lipinski definition) is 0. The Hall–Kier alpha value is -6.44. The Labute approximate surface area is 302 Å². The van der Waals surface area contributed by atoms with Crippen LogP contribution in [0.4, 0.5) is 0 Å². The second-order valence-electron chi connectivity index (χ2n) is 14.8. The molecule has 9 aromatic carbocycles. The summed E-state index contributed by atoms with van der Waals surface area (Å²) in [6.07, 6.45) is 0. The van der Waals surface area contributed by atoms with Gasteiger partial charge in [-0.1, -0.05) is 172 Å². The van der Waals surface area contributed by atoms with Gasteiger partial charge in [0.2, 0.25) is 0 Å². The Bertz CT molecular complexity index is 3010. The van der Waals surface area contributed by atoms with E-state index >= 15 is 0 Å². The fourth-order valence-corrected chi connectivity index (χ4v) is 9.21. The van der Waals surface area contributed by atoms with Gasteiger partial charge < -0.3 is 4.42 Å². The van der Waals surface area contributed by atoms with E-state index in [1.165, 1.54) is 98.7 Å². The molecule has 52 heavy (non-hydrogen) atoms. The van der Waals surface area contributed by atoms with Crippen molar-refractivity contribution >= 4 is 54.3 Å². The normalized spacial score (nSPS) is 13.3. The molecular weight excluding hydrogens is 629 g/mol. The molecule has 0 spiro atoms. The third-order valence-electron chi connectivity index (χ3n) is 11.7. The van der Waals surface area contributed by atoms with Crippen molar-refractivity contribution in [2.45, 2.75) is 19.3 Å². The maximum Gasteiger partial charge on any atom is 0.143 e. The van der Waals surface area contributed by atoms with E-state index in [1.54, 1.807) is 0 Å². The molecule has 1 heteroatoms. The lowest BCUT2D eigenvalue weighted by Gasteiger charge is -2.22. The van der Waals surface area contributed by atoms with Gasteiger partial charge in [-0.2, -0.15) is 0 Å². The molecule has 10 aromatic rings. The second-order valence-corrected chi connectivity index (χ2v) is 14.8. The molecule has 1 nitrogen and oxygen atoms in total. The van der Waals surface area contributed by atoms with Crippen LogP contribution < -0.4 is 0 Å². The lowest BCUT2D eigenvalue weighted by molar-refractivity contribution is 0.653. The minimum Gasteiger partial charge on any atom is -0.455 e. The van der Waals surface area contributed by atoms with Gasteiger partial charge in [-0.15, -0.1) is 0 Å². The Morgan fingerprint density at radius 3 is 1.62 bits per heavy atom. The summed E-state index contributed by atoms with van der Waals surface area (Å²) in [6.45, 7) is 4.70. The number of hydrogen-bond acceptors (Lipinski definition) is 1. The zero-order valence-corrected chi connectivity index (χ0v) is 29.1. The topological polar surface area (TPSA) is 13.1 Å². The van der Waals surface area contributed by atoms with Crippen LogP contribution in [0.1, 0.15) is 25.0 Å². The quantitative estimate of drug-likeness (QED) is 0.172. The van der Waals surface area contributed by atoms with E-state index in [0.29, 0.717) is 0 Å². The monoisotopic (exact) mass is 662 g/mol. The average molecular weight is 663 g/mol. The first-order chi connectivity index (χ1) is 25.6. The molecule has 0 aliphatic heterocycles. The summed E-state index contributed by atoms with van der Waals surface area (Å²) in [7, 11) is 0. The van der Waals surface area contributed by atoms with Gasteiger partial charge in [0.05, 0.1) is 0 Å². The third-order valence-corrected chi connectivity index (χ3v) is 11.7. The number of furan rings is 1. The lowest BCUT2D eigenvalue weighted by atomic mass is 9.81. The smallest absolute Gasteiger partial charge is 0.143 e. The fraction of sp³-hybridized carbons (Fsp3) is 0.0588. The van der Waals surface area contributed by atoms with Crippen molar-refractivity contribution in [3.8, 4) is 44.5 Å². The molecule has 0 N–H and O–H groups in total. The summed E-state index contributed by atoms with van der Waals surface area (Å²) in [4.78, 5) is 0. The average Bonchev–Trinajstić information content (AvgIpc) is 3.69. The van der Waals surface area contributed by atoms with E-state index < -0.39 is 0 Å². The van der Waals surface area contributed by atoms with Crippen molar-refractivity contribution in [3.63, 3.8) is 0 Å². The summed E-state index contributed by atoms with van der Waals surface area (Å²) in [5, 5.41) is 9.88. The van der Waals surface area contributed by atoms with Crippen LogP contribution in [-0.2, 0) is 5.41 Å². The zero-order valence-electron chi connectivity index (χ0n) is 29.1. The van der Waals surface area contributed by atoms with Gasteiger partial charge in [0, 0.05) is 21.8 Å². The Balaban J connectivity index is 1.15. The molecule has 0 radical (unpaired) electrons. The van der Waals surface area contributed by atoms with Crippen LogP contribution in [-0.4, -0.2) is 0 Å². The molecule has 0 bridgehead atoms. The van der Waals surface area contributed by atoms with Gasteiger partial charge in [0.25, 0.3) is 0 Å². The fourth-order valence-electron chi connectivity index (χ4n) is 9.21. The molecular formula is C51H34O. The molecule has 0 saturated heterocycles. The van der Waals surface area contributed by atoms with Crippen molar-refractivity contribution in [1.29, 1.82) is 0 Å². The summed E-state index contributed by atoms with van der Waals surface area (Å²) >= 11 is 0. The van der Waals surface area contributed by atoms with E-state index in [1.807, 2.05) is 0 Å². The summed E-state index contributed by atoms with van der Waals surface area (Å²) < 4.78 is 6.84. The molecule has 244 valence electrons. The van der Waals surface area contributed by atoms with Crippen LogP contribution in [0.5, 0.6) is 0 Å². The summed E-state index contributed by atoms with van der Waals surface area (Å²) in [5.41, 5.74) is 14.4. The standard InChI is InChI=1S/C51H34O/c1-51(2)43-27-24-35(30-42(43)49-44(51)28-26-41-48-36-15-7-6-14-33(36)25-29-45(48)52-50(41)49)47-39-18-10-8-16-37(39)46(38-17-9-11-19-40(38)47)34-22-20-32(21-23-34)31-12-4-3-5-13-31/h3-30H,1-2H3. The van der Waals surface area contributed by atoms with Crippen molar-refractivity contribution < 1.29 is 4.42 Å². The Kier molecular flexibility index (Phi) is 6.08. The van der Waals surface area contributed by atoms with E-state index in [-0.39, 0.29) is 5.41 Å². The predicted molar refractivity (Wildman–Crippen MR) is 220 cm³/mol. The van der Waals surface area contributed by atoms with Crippen LogP contribution in [0.25, 0.3) is 98.8 Å². The molecule has 0 atom stereocenters. The number of fused-ring (bicyclic) bond motifs is 11. The van der Waals surface area contributed by atoms with Crippen molar-refractivity contribution in [3.05, 3.63) is 181 Å². The lowest BCUT2D eigenvalue weighted by Crippen LogP contribution is -2.14. The first kappa shape index (κ1) is 29.3. The maximum atomic E-state index is 6.84. The highest BCUT2D eigenvalue weighted by molar-refractivity contribution is 6.23. The van der Waals surface area contributed by atoms with Gasteiger partial charge in [-0.05, 0) is 94.5 Å². The highest BCUT2D eigenvalue weighted by Gasteiger charge is 2.38. The van der Waals surface area contributed by atoms with Crippen molar-refractivity contribution in [2.24, 2.45) is 0 Å². The molecule has 0 amide bonds. The summed E-state index contributed by atoms with van der Waals surface area (Å²) in [6, 6.07) is 62.3. The molecule has 0 fully saturated rings. The molecule has 1 aromatic heterocycles. The SMILES string of the molecule is CC1(C)c2ccc(-c3c4ccccc4c(-c4ccc(-c5ccccc5)cc4)c4ccccc34)cc2-c2c1ccc1c2oc2ccc3ccccc3c21. The van der Waals surface area contributed by atoms with E-state index in [2.05, 4.69) is 184 Å². The molecule has 0 saturated carbocycles. The summed E-state index contributed by atoms with van der Waals surface area (Å²) in [5.74, 6) is 0. The molecule has 0 unspecified atom stereocenters. The van der Waals surface area contributed by atoms with Crippen molar-refractivity contribution in [2.75, 3.05) is 0 Å². The first-order valence-corrected chi connectivity index (χ1v) is 18.2. The Morgan fingerprint density at radius 2 is 0.923 bits per heavy atom.